The van der Waals surface area contributed by atoms with E-state index in [2.05, 4.69) is 10.1 Å². The zero-order valence-corrected chi connectivity index (χ0v) is 16.1. The van der Waals surface area contributed by atoms with E-state index in [9.17, 15) is 14.4 Å². The van der Waals surface area contributed by atoms with Crippen LogP contribution in [-0.2, 0) is 16.1 Å². The van der Waals surface area contributed by atoms with Gasteiger partial charge in [-0.05, 0) is 36.4 Å². The zero-order valence-electron chi connectivity index (χ0n) is 16.1. The lowest BCUT2D eigenvalue weighted by Crippen LogP contribution is -2.33. The Bertz CT molecular complexity index is 1120. The van der Waals surface area contributed by atoms with Crippen LogP contribution in [0, 0.1) is 0 Å². The van der Waals surface area contributed by atoms with Crippen molar-refractivity contribution >= 4 is 23.5 Å². The van der Waals surface area contributed by atoms with Crippen molar-refractivity contribution in [2.75, 3.05) is 19.1 Å². The summed E-state index contributed by atoms with van der Waals surface area (Å²) in [6, 6.07) is 12.4. The number of aromatic nitrogens is 2. The van der Waals surface area contributed by atoms with Crippen molar-refractivity contribution in [3.63, 3.8) is 0 Å². The number of amides is 4. The molecule has 4 rings (SSSR count). The van der Waals surface area contributed by atoms with Crippen molar-refractivity contribution < 1.29 is 28.4 Å². The molecule has 0 bridgehead atoms. The SMILES string of the molecule is COc1ccc(N2C(=O)C(=O)N(Cc3nc(-c4cccc(OC)c4)no3)C2=O)cc1. The first kappa shape index (κ1) is 19.1. The molecule has 10 heteroatoms. The predicted octanol–water partition coefficient (Wildman–Crippen LogP) is 2.25. The number of imide groups is 2. The van der Waals surface area contributed by atoms with E-state index in [4.69, 9.17) is 14.0 Å². The van der Waals surface area contributed by atoms with Gasteiger partial charge in [-0.1, -0.05) is 17.3 Å². The molecule has 1 fully saturated rings. The van der Waals surface area contributed by atoms with E-state index in [0.717, 1.165) is 9.80 Å². The van der Waals surface area contributed by atoms with Gasteiger partial charge in [0.1, 0.15) is 18.0 Å². The summed E-state index contributed by atoms with van der Waals surface area (Å²) >= 11 is 0. The molecule has 1 saturated heterocycles. The van der Waals surface area contributed by atoms with Gasteiger partial charge in [0.05, 0.1) is 19.9 Å². The molecule has 0 unspecified atom stereocenters. The molecular weight excluding hydrogens is 392 g/mol. The van der Waals surface area contributed by atoms with Crippen LogP contribution >= 0.6 is 0 Å². The standard InChI is InChI=1S/C20H16N4O6/c1-28-14-8-6-13(7-9-14)24-19(26)18(25)23(20(24)27)11-16-21-17(22-30-16)12-4-3-5-15(10-12)29-2/h3-10H,11H2,1-2H3. The Labute approximate surface area is 170 Å². The lowest BCUT2D eigenvalue weighted by Gasteiger charge is -2.14. The quantitative estimate of drug-likeness (QED) is 0.451. The predicted molar refractivity (Wildman–Crippen MR) is 103 cm³/mol. The van der Waals surface area contributed by atoms with E-state index >= 15 is 0 Å². The highest BCUT2D eigenvalue weighted by atomic mass is 16.5. The van der Waals surface area contributed by atoms with Gasteiger partial charge in [-0.3, -0.25) is 9.59 Å². The van der Waals surface area contributed by atoms with E-state index in [1.54, 1.807) is 36.4 Å². The summed E-state index contributed by atoms with van der Waals surface area (Å²) in [6.07, 6.45) is 0. The lowest BCUT2D eigenvalue weighted by atomic mass is 10.2. The Morgan fingerprint density at radius 1 is 0.933 bits per heavy atom. The number of anilines is 1. The van der Waals surface area contributed by atoms with Crippen LogP contribution in [0.1, 0.15) is 5.89 Å². The summed E-state index contributed by atoms with van der Waals surface area (Å²) in [5.41, 5.74) is 0.892. The summed E-state index contributed by atoms with van der Waals surface area (Å²) < 4.78 is 15.4. The smallest absolute Gasteiger partial charge is 0.339 e. The third-order valence-corrected chi connectivity index (χ3v) is 4.47. The van der Waals surface area contributed by atoms with Crippen molar-refractivity contribution in [2.45, 2.75) is 6.54 Å². The van der Waals surface area contributed by atoms with Gasteiger partial charge in [0.2, 0.25) is 11.7 Å². The van der Waals surface area contributed by atoms with Gasteiger partial charge in [-0.15, -0.1) is 0 Å². The molecule has 10 nitrogen and oxygen atoms in total. The van der Waals surface area contributed by atoms with Crippen molar-refractivity contribution in [2.24, 2.45) is 0 Å². The van der Waals surface area contributed by atoms with Gasteiger partial charge in [0, 0.05) is 5.56 Å². The third kappa shape index (κ3) is 3.34. The fourth-order valence-corrected chi connectivity index (χ4v) is 2.94. The first-order chi connectivity index (χ1) is 14.5. The Morgan fingerprint density at radius 3 is 2.37 bits per heavy atom. The van der Waals surface area contributed by atoms with Crippen LogP contribution in [0.15, 0.2) is 53.1 Å². The largest absolute Gasteiger partial charge is 0.497 e. The molecule has 0 N–H and O–H groups in total. The summed E-state index contributed by atoms with van der Waals surface area (Å²) in [6.45, 7) is -0.326. The van der Waals surface area contributed by atoms with Crippen molar-refractivity contribution in [1.82, 2.24) is 15.0 Å². The Hall–Kier alpha value is -4.21. The highest BCUT2D eigenvalue weighted by molar-refractivity contribution is 6.52. The molecule has 30 heavy (non-hydrogen) atoms. The number of rotatable bonds is 6. The number of urea groups is 1. The molecule has 0 radical (unpaired) electrons. The highest BCUT2D eigenvalue weighted by Crippen LogP contribution is 2.26. The van der Waals surface area contributed by atoms with Crippen LogP contribution in [0.2, 0.25) is 0 Å². The van der Waals surface area contributed by atoms with Gasteiger partial charge in [0.15, 0.2) is 0 Å². The van der Waals surface area contributed by atoms with E-state index in [1.165, 1.54) is 26.4 Å². The number of carbonyl (C=O) groups excluding carboxylic acids is 3. The van der Waals surface area contributed by atoms with Gasteiger partial charge >= 0.3 is 17.8 Å². The van der Waals surface area contributed by atoms with E-state index in [0.29, 0.717) is 17.1 Å². The minimum Gasteiger partial charge on any atom is -0.497 e. The molecule has 1 aliphatic heterocycles. The molecule has 0 saturated carbocycles. The maximum absolute atomic E-state index is 12.7. The highest BCUT2D eigenvalue weighted by Gasteiger charge is 2.46. The topological polar surface area (TPSA) is 115 Å². The molecule has 2 heterocycles. The van der Waals surface area contributed by atoms with Crippen LogP contribution in [0.5, 0.6) is 11.5 Å². The molecule has 2 aromatic carbocycles. The number of hydrogen-bond donors (Lipinski definition) is 0. The number of carbonyl (C=O) groups is 3. The average Bonchev–Trinajstić information content (AvgIpc) is 3.33. The van der Waals surface area contributed by atoms with Crippen LogP contribution in [0.3, 0.4) is 0 Å². The average molecular weight is 408 g/mol. The second-order valence-corrected chi connectivity index (χ2v) is 6.26. The third-order valence-electron chi connectivity index (χ3n) is 4.47. The van der Waals surface area contributed by atoms with E-state index in [1.807, 2.05) is 0 Å². The maximum Gasteiger partial charge on any atom is 0.339 e. The Balaban J connectivity index is 1.55. The Kier molecular flexibility index (Phi) is 4.88. The first-order valence-electron chi connectivity index (χ1n) is 8.83. The Morgan fingerprint density at radius 2 is 1.67 bits per heavy atom. The fraction of sp³-hybridized carbons (Fsp3) is 0.150. The van der Waals surface area contributed by atoms with Crippen LogP contribution in [-0.4, -0.2) is 47.1 Å². The monoisotopic (exact) mass is 408 g/mol. The molecule has 0 spiro atoms. The molecule has 4 amide bonds. The summed E-state index contributed by atoms with van der Waals surface area (Å²) in [5, 5.41) is 3.87. The molecule has 152 valence electrons. The molecule has 1 aromatic heterocycles. The number of methoxy groups -OCH3 is 2. The minimum absolute atomic E-state index is 0.0129. The lowest BCUT2D eigenvalue weighted by molar-refractivity contribution is -0.139. The fourth-order valence-electron chi connectivity index (χ4n) is 2.94. The second-order valence-electron chi connectivity index (χ2n) is 6.26. The molecule has 0 atom stereocenters. The summed E-state index contributed by atoms with van der Waals surface area (Å²) in [4.78, 5) is 43.2. The van der Waals surface area contributed by atoms with Crippen LogP contribution in [0.4, 0.5) is 10.5 Å². The van der Waals surface area contributed by atoms with Crippen LogP contribution < -0.4 is 14.4 Å². The van der Waals surface area contributed by atoms with E-state index in [-0.39, 0.29) is 23.9 Å². The van der Waals surface area contributed by atoms with Gasteiger partial charge in [-0.2, -0.15) is 4.98 Å². The zero-order chi connectivity index (χ0) is 21.3. The van der Waals surface area contributed by atoms with Gasteiger partial charge in [-0.25, -0.2) is 14.6 Å². The van der Waals surface area contributed by atoms with E-state index < -0.39 is 17.8 Å². The number of benzene rings is 2. The minimum atomic E-state index is -0.975. The van der Waals surface area contributed by atoms with Gasteiger partial charge < -0.3 is 14.0 Å². The van der Waals surface area contributed by atoms with Crippen molar-refractivity contribution in [3.8, 4) is 22.9 Å². The normalized spacial score (nSPS) is 13.9. The van der Waals surface area contributed by atoms with Crippen molar-refractivity contribution in [3.05, 3.63) is 54.4 Å². The number of nitrogens with zero attached hydrogens (tertiary/aromatic N) is 4. The molecular formula is C20H16N4O6. The molecule has 3 aromatic rings. The second kappa shape index (κ2) is 7.66. The van der Waals surface area contributed by atoms with Crippen molar-refractivity contribution in [1.29, 1.82) is 0 Å². The van der Waals surface area contributed by atoms with Gasteiger partial charge in [0.25, 0.3) is 0 Å². The maximum atomic E-state index is 12.7. The van der Waals surface area contributed by atoms with Crippen LogP contribution in [0.25, 0.3) is 11.4 Å². The molecule has 0 aliphatic carbocycles. The summed E-state index contributed by atoms with van der Waals surface area (Å²) in [5.74, 6) is -0.490. The summed E-state index contributed by atoms with van der Waals surface area (Å²) in [7, 11) is 3.04. The first-order valence-corrected chi connectivity index (χ1v) is 8.83. The number of hydrogen-bond acceptors (Lipinski definition) is 8. The number of ether oxygens (including phenoxy) is 2. The molecule has 1 aliphatic rings.